The van der Waals surface area contributed by atoms with Crippen LogP contribution < -0.4 is 0 Å². The molecular weight excluding hydrogens is 1040 g/mol. The van der Waals surface area contributed by atoms with Crippen molar-refractivity contribution in [2.24, 2.45) is 0 Å². The number of para-hydroxylation sites is 6. The van der Waals surface area contributed by atoms with E-state index in [0.29, 0.717) is 0 Å². The molecule has 18 aromatic rings. The molecule has 0 amide bonds. The van der Waals surface area contributed by atoms with Gasteiger partial charge in [0, 0.05) is 44.0 Å². The fourth-order valence-electron chi connectivity index (χ4n) is 14.7. The topological polar surface area (TPSA) is 9.86 Å². The Morgan fingerprint density at radius 3 is 0.907 bits per heavy atom. The van der Waals surface area contributed by atoms with Gasteiger partial charge in [-0.15, -0.1) is 0 Å². The van der Waals surface area contributed by atoms with Crippen LogP contribution in [0.15, 0.2) is 315 Å². The lowest BCUT2D eigenvalue weighted by Crippen LogP contribution is -1.97. The number of hydrogen-bond donors (Lipinski definition) is 0. The molecule has 0 N–H and O–H groups in total. The number of aromatic nitrogens is 2. The summed E-state index contributed by atoms with van der Waals surface area (Å²) in [6, 6.07) is 118. The molecule has 0 spiro atoms. The van der Waals surface area contributed by atoms with Gasteiger partial charge < -0.3 is 9.13 Å². The van der Waals surface area contributed by atoms with Crippen molar-refractivity contribution in [2.75, 3.05) is 0 Å². The number of hydrogen-bond acceptors (Lipinski definition) is 0. The summed E-state index contributed by atoms with van der Waals surface area (Å²) in [4.78, 5) is 0. The lowest BCUT2D eigenvalue weighted by Gasteiger charge is -2.22. The second kappa shape index (κ2) is 19.1. The lowest BCUT2D eigenvalue weighted by molar-refractivity contribution is 1.18. The van der Waals surface area contributed by atoms with Gasteiger partial charge >= 0.3 is 0 Å². The van der Waals surface area contributed by atoms with Gasteiger partial charge in [0.2, 0.25) is 0 Å². The Labute approximate surface area is 496 Å². The zero-order valence-electron chi connectivity index (χ0n) is 46.9. The Hall–Kier alpha value is -11.3. The van der Waals surface area contributed by atoms with E-state index < -0.39 is 0 Å². The van der Waals surface area contributed by atoms with E-state index in [9.17, 15) is 0 Å². The molecular formula is C84H52N2. The quantitative estimate of drug-likeness (QED) is 0.141. The van der Waals surface area contributed by atoms with Gasteiger partial charge in [-0.05, 0) is 170 Å². The van der Waals surface area contributed by atoms with Crippen molar-refractivity contribution in [2.45, 2.75) is 0 Å². The molecule has 398 valence electrons. The van der Waals surface area contributed by atoms with Crippen molar-refractivity contribution in [1.29, 1.82) is 0 Å². The van der Waals surface area contributed by atoms with Crippen molar-refractivity contribution in [3.63, 3.8) is 0 Å². The fraction of sp³-hybridized carbons (Fsp3) is 0. The molecule has 0 radical (unpaired) electrons. The third kappa shape index (κ3) is 7.27. The minimum Gasteiger partial charge on any atom is -0.309 e. The third-order valence-electron chi connectivity index (χ3n) is 18.4. The van der Waals surface area contributed by atoms with E-state index in [-0.39, 0.29) is 0 Å². The van der Waals surface area contributed by atoms with E-state index in [2.05, 4.69) is 325 Å². The summed E-state index contributed by atoms with van der Waals surface area (Å²) in [7, 11) is 0. The van der Waals surface area contributed by atoms with Crippen LogP contribution >= 0.6 is 0 Å². The third-order valence-corrected chi connectivity index (χ3v) is 18.4. The summed E-state index contributed by atoms with van der Waals surface area (Å²) in [6.07, 6.45) is 0. The highest BCUT2D eigenvalue weighted by Crippen LogP contribution is 2.52. The molecule has 2 heteroatoms. The van der Waals surface area contributed by atoms with Crippen LogP contribution in [0.4, 0.5) is 0 Å². The summed E-state index contributed by atoms with van der Waals surface area (Å²) in [5, 5.41) is 19.5. The van der Waals surface area contributed by atoms with Gasteiger partial charge in [-0.2, -0.15) is 0 Å². The molecule has 0 aliphatic carbocycles. The van der Waals surface area contributed by atoms with Crippen LogP contribution in [0.3, 0.4) is 0 Å². The van der Waals surface area contributed by atoms with E-state index >= 15 is 0 Å². The zero-order chi connectivity index (χ0) is 56.4. The summed E-state index contributed by atoms with van der Waals surface area (Å²) in [5.41, 5.74) is 19.0. The van der Waals surface area contributed by atoms with Gasteiger partial charge in [-0.25, -0.2) is 0 Å². The maximum Gasteiger partial charge on any atom is 0.0619 e. The maximum atomic E-state index is 2.54. The van der Waals surface area contributed by atoms with Crippen molar-refractivity contribution in [1.82, 2.24) is 9.13 Å². The van der Waals surface area contributed by atoms with Crippen molar-refractivity contribution in [3.05, 3.63) is 315 Å². The molecule has 2 nitrogen and oxygen atoms in total. The molecule has 2 aromatic heterocycles. The van der Waals surface area contributed by atoms with Crippen LogP contribution in [0.1, 0.15) is 0 Å². The number of fused-ring (bicyclic) bond motifs is 12. The molecule has 0 atom stereocenters. The van der Waals surface area contributed by atoms with Crippen LogP contribution in [0, 0.1) is 0 Å². The molecule has 86 heavy (non-hydrogen) atoms. The van der Waals surface area contributed by atoms with Gasteiger partial charge in [0.1, 0.15) is 0 Å². The molecule has 2 heterocycles. The molecule has 0 fully saturated rings. The van der Waals surface area contributed by atoms with Crippen LogP contribution in [-0.2, 0) is 0 Å². The Bertz CT molecular complexity index is 5470. The van der Waals surface area contributed by atoms with Crippen LogP contribution in [0.5, 0.6) is 0 Å². The number of nitrogens with zero attached hydrogens (tertiary/aromatic N) is 2. The molecule has 0 unspecified atom stereocenters. The summed E-state index contributed by atoms with van der Waals surface area (Å²) in [5.74, 6) is 0. The standard InChI is InChI=1S/C84H52N2/c1-3-25-59(26-4-1)85-79-43-13-11-29-65(79)73-41-19-39-71(83(73)85)63-33-17-37-69-77(63)52-78-64(72-40-20-42-74-66-30-12-14-44-80(66)86(84(72)74)60-27-5-2-6-28-60)34-18-38-70(78)82(69)81-67-35-15-31-61(57-47-45-53-21-7-9-23-55(53)49-57)75(67)51-76-62(32-16-36-68(76)81)58-48-46-54-22-8-10-24-56(54)50-58/h1-52H. The zero-order valence-corrected chi connectivity index (χ0v) is 46.9. The predicted molar refractivity (Wildman–Crippen MR) is 367 cm³/mol. The first-order valence-electron chi connectivity index (χ1n) is 29.8. The van der Waals surface area contributed by atoms with Gasteiger partial charge in [0.25, 0.3) is 0 Å². The smallest absolute Gasteiger partial charge is 0.0619 e. The monoisotopic (exact) mass is 1090 g/mol. The SMILES string of the molecule is c1ccc(-n2c3ccccc3c3cccc(-c4cccc5c(-c6c7cccc(-c8ccc9ccccc9c8)c7cc7c(-c8ccc9ccccc9c8)cccc67)c6cccc(-c7cccc8c9ccccc9n(-c9ccccc9)c78)c6cc45)c32)cc1. The molecule has 0 aliphatic heterocycles. The van der Waals surface area contributed by atoms with E-state index in [1.807, 2.05) is 0 Å². The predicted octanol–water partition coefficient (Wildman–Crippen LogP) is 23.1. The Balaban J connectivity index is 1.02. The second-order valence-corrected chi connectivity index (χ2v) is 23.0. The highest BCUT2D eigenvalue weighted by atomic mass is 15.0. The van der Waals surface area contributed by atoms with Gasteiger partial charge in [-0.3, -0.25) is 0 Å². The number of benzene rings is 16. The minimum absolute atomic E-state index is 1.13. The summed E-state index contributed by atoms with van der Waals surface area (Å²) in [6.45, 7) is 0. The normalized spacial score (nSPS) is 12.0. The van der Waals surface area contributed by atoms with Crippen molar-refractivity contribution < 1.29 is 0 Å². The first-order chi connectivity index (χ1) is 42.7. The molecule has 0 saturated carbocycles. The van der Waals surface area contributed by atoms with Crippen molar-refractivity contribution in [3.8, 4) is 67.0 Å². The average molecular weight is 1090 g/mol. The Kier molecular flexibility index (Phi) is 10.7. The first kappa shape index (κ1) is 48.2. The number of rotatable bonds is 7. The van der Waals surface area contributed by atoms with Gasteiger partial charge in [0.05, 0.1) is 22.1 Å². The summed E-state index contributed by atoms with van der Waals surface area (Å²) >= 11 is 0. The first-order valence-corrected chi connectivity index (χ1v) is 29.8. The molecule has 18 rings (SSSR count). The van der Waals surface area contributed by atoms with E-state index in [4.69, 9.17) is 0 Å². The summed E-state index contributed by atoms with van der Waals surface area (Å²) < 4.78 is 4.96. The Morgan fingerprint density at radius 2 is 0.488 bits per heavy atom. The minimum atomic E-state index is 1.13. The fourth-order valence-corrected chi connectivity index (χ4v) is 14.7. The highest BCUT2D eigenvalue weighted by Gasteiger charge is 2.25. The second-order valence-electron chi connectivity index (χ2n) is 23.0. The van der Waals surface area contributed by atoms with E-state index in [1.165, 1.54) is 164 Å². The maximum absolute atomic E-state index is 2.54. The van der Waals surface area contributed by atoms with Crippen LogP contribution in [-0.4, -0.2) is 9.13 Å². The van der Waals surface area contributed by atoms with Crippen LogP contribution in [0.2, 0.25) is 0 Å². The molecule has 16 aromatic carbocycles. The van der Waals surface area contributed by atoms with Crippen molar-refractivity contribution >= 4 is 108 Å². The van der Waals surface area contributed by atoms with Crippen LogP contribution in [0.25, 0.3) is 175 Å². The van der Waals surface area contributed by atoms with E-state index in [1.54, 1.807) is 0 Å². The molecule has 0 aliphatic rings. The molecule has 0 saturated heterocycles. The van der Waals surface area contributed by atoms with Gasteiger partial charge in [-0.1, -0.05) is 255 Å². The molecule has 0 bridgehead atoms. The Morgan fingerprint density at radius 1 is 0.174 bits per heavy atom. The average Bonchev–Trinajstić information content (AvgIpc) is 1.10. The largest absolute Gasteiger partial charge is 0.309 e. The van der Waals surface area contributed by atoms with Gasteiger partial charge in [0.15, 0.2) is 0 Å². The van der Waals surface area contributed by atoms with E-state index in [0.717, 1.165) is 11.4 Å². The lowest BCUT2D eigenvalue weighted by atomic mass is 9.81. The highest BCUT2D eigenvalue weighted by molar-refractivity contribution is 6.29.